The molecule has 0 saturated carbocycles. The number of aromatic nitrogens is 1. The molecule has 2 rings (SSSR count). The van der Waals surface area contributed by atoms with Crippen LogP contribution in [0.25, 0.3) is 0 Å². The van der Waals surface area contributed by atoms with Gasteiger partial charge in [-0.05, 0) is 39.7 Å². The van der Waals surface area contributed by atoms with E-state index in [1.165, 1.54) is 0 Å². The molecule has 0 aliphatic heterocycles. The summed E-state index contributed by atoms with van der Waals surface area (Å²) in [6.45, 7) is 0. The molecule has 17 heavy (non-hydrogen) atoms. The van der Waals surface area contributed by atoms with Crippen LogP contribution in [0, 0.1) is 0 Å². The Bertz CT molecular complexity index is 478. The van der Waals surface area contributed by atoms with Gasteiger partial charge in [0.25, 0.3) is 0 Å². The average molecular weight is 310 g/mol. The number of thioether (sulfide) groups is 1. The summed E-state index contributed by atoms with van der Waals surface area (Å²) in [5.41, 5.74) is 0.854. The molecular formula is C13H12BrNOS. The smallest absolute Gasteiger partial charge is 0.0898 e. The van der Waals surface area contributed by atoms with E-state index >= 15 is 0 Å². The van der Waals surface area contributed by atoms with Crippen LogP contribution in [0.4, 0.5) is 0 Å². The van der Waals surface area contributed by atoms with E-state index < -0.39 is 6.10 Å². The van der Waals surface area contributed by atoms with Crippen LogP contribution in [0.5, 0.6) is 0 Å². The lowest BCUT2D eigenvalue weighted by atomic mass is 10.2. The first-order valence-corrected chi connectivity index (χ1v) is 7.00. The van der Waals surface area contributed by atoms with Gasteiger partial charge in [0.2, 0.25) is 0 Å². The zero-order valence-electron chi connectivity index (χ0n) is 9.08. The second-order valence-electron chi connectivity index (χ2n) is 3.54. The van der Waals surface area contributed by atoms with Gasteiger partial charge in [-0.15, -0.1) is 11.8 Å². The molecule has 4 heteroatoms. The van der Waals surface area contributed by atoms with Gasteiger partial charge in [0.1, 0.15) is 0 Å². The van der Waals surface area contributed by atoms with Crippen molar-refractivity contribution in [3.8, 4) is 0 Å². The predicted octanol–water partition coefficient (Wildman–Crippen LogP) is 3.67. The Morgan fingerprint density at radius 2 is 2.06 bits per heavy atom. The van der Waals surface area contributed by atoms with Gasteiger partial charge in [-0.3, -0.25) is 4.98 Å². The van der Waals surface area contributed by atoms with Crippen molar-refractivity contribution in [2.45, 2.75) is 11.0 Å². The number of hydrogen-bond acceptors (Lipinski definition) is 3. The minimum atomic E-state index is -0.485. The molecule has 1 aromatic carbocycles. The van der Waals surface area contributed by atoms with Gasteiger partial charge >= 0.3 is 0 Å². The number of aliphatic hydroxyl groups is 1. The van der Waals surface area contributed by atoms with E-state index in [9.17, 15) is 5.11 Å². The normalized spacial score (nSPS) is 12.4. The summed E-state index contributed by atoms with van der Waals surface area (Å²) in [6.07, 6.45) is 2.92. The molecule has 1 heterocycles. The highest BCUT2D eigenvalue weighted by atomic mass is 79.9. The van der Waals surface area contributed by atoms with E-state index in [1.54, 1.807) is 24.2 Å². The Balaban J connectivity index is 1.97. The topological polar surface area (TPSA) is 33.1 Å². The summed E-state index contributed by atoms with van der Waals surface area (Å²) >= 11 is 5.11. The lowest BCUT2D eigenvalue weighted by molar-refractivity contribution is 0.203. The fourth-order valence-corrected chi connectivity index (χ4v) is 2.94. The molecule has 0 aliphatic rings. The highest BCUT2D eigenvalue weighted by Crippen LogP contribution is 2.30. The lowest BCUT2D eigenvalue weighted by Crippen LogP contribution is -2.00. The van der Waals surface area contributed by atoms with Gasteiger partial charge in [0.05, 0.1) is 6.10 Å². The SMILES string of the molecule is OC(CSc1ccccc1Br)c1cccnc1. The molecule has 0 spiro atoms. The van der Waals surface area contributed by atoms with Crippen LogP contribution in [-0.4, -0.2) is 15.8 Å². The highest BCUT2D eigenvalue weighted by molar-refractivity contribution is 9.10. The molecule has 0 aliphatic carbocycles. The molecule has 0 fully saturated rings. The van der Waals surface area contributed by atoms with Crippen molar-refractivity contribution in [2.24, 2.45) is 0 Å². The Morgan fingerprint density at radius 3 is 2.76 bits per heavy atom. The molecule has 1 N–H and O–H groups in total. The minimum absolute atomic E-state index is 0.485. The van der Waals surface area contributed by atoms with E-state index in [0.29, 0.717) is 5.75 Å². The molecule has 1 atom stereocenters. The zero-order chi connectivity index (χ0) is 12.1. The summed E-state index contributed by atoms with van der Waals surface area (Å²) in [5, 5.41) is 10.00. The van der Waals surface area contributed by atoms with Crippen LogP contribution in [-0.2, 0) is 0 Å². The number of halogens is 1. The Hall–Kier alpha value is -0.840. The molecular weight excluding hydrogens is 298 g/mol. The Morgan fingerprint density at radius 1 is 1.24 bits per heavy atom. The van der Waals surface area contributed by atoms with E-state index in [4.69, 9.17) is 0 Å². The van der Waals surface area contributed by atoms with Crippen molar-refractivity contribution in [3.05, 3.63) is 58.8 Å². The van der Waals surface area contributed by atoms with E-state index in [1.807, 2.05) is 36.4 Å². The molecule has 2 nitrogen and oxygen atoms in total. The fourth-order valence-electron chi connectivity index (χ4n) is 1.40. The number of hydrogen-bond donors (Lipinski definition) is 1. The molecule has 0 bridgehead atoms. The van der Waals surface area contributed by atoms with Crippen LogP contribution in [0.1, 0.15) is 11.7 Å². The largest absolute Gasteiger partial charge is 0.387 e. The fraction of sp³-hybridized carbons (Fsp3) is 0.154. The first-order chi connectivity index (χ1) is 8.27. The van der Waals surface area contributed by atoms with Gasteiger partial charge in [-0.25, -0.2) is 0 Å². The maximum atomic E-state index is 10.00. The van der Waals surface area contributed by atoms with Gasteiger partial charge < -0.3 is 5.11 Å². The number of benzene rings is 1. The third-order valence-electron chi connectivity index (χ3n) is 2.30. The third-order valence-corrected chi connectivity index (χ3v) is 4.41. The first-order valence-electron chi connectivity index (χ1n) is 5.22. The van der Waals surface area contributed by atoms with Gasteiger partial charge in [-0.1, -0.05) is 18.2 Å². The van der Waals surface area contributed by atoms with Crippen molar-refractivity contribution < 1.29 is 5.11 Å². The molecule has 1 unspecified atom stereocenters. The number of aliphatic hydroxyl groups excluding tert-OH is 1. The molecule has 0 radical (unpaired) electrons. The minimum Gasteiger partial charge on any atom is -0.387 e. The highest BCUT2D eigenvalue weighted by Gasteiger charge is 2.09. The summed E-state index contributed by atoms with van der Waals surface area (Å²) in [5.74, 6) is 0.619. The predicted molar refractivity (Wildman–Crippen MR) is 74.1 cm³/mol. The Kier molecular flexibility index (Phi) is 4.59. The van der Waals surface area contributed by atoms with Crippen molar-refractivity contribution in [1.29, 1.82) is 0 Å². The summed E-state index contributed by atoms with van der Waals surface area (Å²) in [4.78, 5) is 5.13. The quantitative estimate of drug-likeness (QED) is 0.875. The standard InChI is InChI=1S/C13H12BrNOS/c14-11-5-1-2-6-13(11)17-9-12(16)10-4-3-7-15-8-10/h1-8,12,16H,9H2. The molecule has 88 valence electrons. The molecule has 2 aromatic rings. The van der Waals surface area contributed by atoms with E-state index in [0.717, 1.165) is 14.9 Å². The van der Waals surface area contributed by atoms with E-state index in [-0.39, 0.29) is 0 Å². The zero-order valence-corrected chi connectivity index (χ0v) is 11.5. The summed E-state index contributed by atoms with van der Waals surface area (Å²) in [7, 11) is 0. The van der Waals surface area contributed by atoms with Crippen molar-refractivity contribution in [2.75, 3.05) is 5.75 Å². The summed E-state index contributed by atoms with van der Waals surface area (Å²) < 4.78 is 1.06. The van der Waals surface area contributed by atoms with Crippen molar-refractivity contribution >= 4 is 27.7 Å². The van der Waals surface area contributed by atoms with Gasteiger partial charge in [0, 0.05) is 27.5 Å². The molecule has 0 saturated heterocycles. The second kappa shape index (κ2) is 6.19. The van der Waals surface area contributed by atoms with Crippen LogP contribution >= 0.6 is 27.7 Å². The number of nitrogens with zero attached hydrogens (tertiary/aromatic N) is 1. The van der Waals surface area contributed by atoms with E-state index in [2.05, 4.69) is 20.9 Å². The van der Waals surface area contributed by atoms with Gasteiger partial charge in [0.15, 0.2) is 0 Å². The molecule has 1 aromatic heterocycles. The van der Waals surface area contributed by atoms with Crippen molar-refractivity contribution in [3.63, 3.8) is 0 Å². The van der Waals surface area contributed by atoms with Crippen LogP contribution < -0.4 is 0 Å². The lowest BCUT2D eigenvalue weighted by Gasteiger charge is -2.10. The molecule has 0 amide bonds. The second-order valence-corrected chi connectivity index (χ2v) is 5.46. The maximum Gasteiger partial charge on any atom is 0.0898 e. The van der Waals surface area contributed by atoms with Crippen molar-refractivity contribution in [1.82, 2.24) is 4.98 Å². The van der Waals surface area contributed by atoms with Crippen LogP contribution in [0.15, 0.2) is 58.2 Å². The van der Waals surface area contributed by atoms with Crippen LogP contribution in [0.3, 0.4) is 0 Å². The monoisotopic (exact) mass is 309 g/mol. The maximum absolute atomic E-state index is 10.00. The van der Waals surface area contributed by atoms with Crippen LogP contribution in [0.2, 0.25) is 0 Å². The summed E-state index contributed by atoms with van der Waals surface area (Å²) in [6, 6.07) is 11.7. The number of rotatable bonds is 4. The van der Waals surface area contributed by atoms with Gasteiger partial charge in [-0.2, -0.15) is 0 Å². The third kappa shape index (κ3) is 3.56. The first kappa shape index (κ1) is 12.6. The Labute approximate surface area is 113 Å². The average Bonchev–Trinajstić information content (AvgIpc) is 2.38. The number of pyridine rings is 1.